The molecule has 1 aromatic heterocycles. The van der Waals surface area contributed by atoms with Crippen LogP contribution in [0.2, 0.25) is 0 Å². The number of nitrogens with one attached hydrogen (secondary N) is 1. The van der Waals surface area contributed by atoms with Gasteiger partial charge in [-0.1, -0.05) is 24.3 Å². The molecule has 6 heteroatoms. The maximum Gasteiger partial charge on any atom is 0.271 e. The van der Waals surface area contributed by atoms with E-state index >= 15 is 0 Å². The Hall–Kier alpha value is -3.28. The number of carbonyl (C=O) groups excluding carboxylic acids is 1. The van der Waals surface area contributed by atoms with Crippen LogP contribution in [0.15, 0.2) is 54.6 Å². The number of para-hydroxylation sites is 1. The third kappa shape index (κ3) is 3.06. The summed E-state index contributed by atoms with van der Waals surface area (Å²) in [5, 5.41) is 7.08. The van der Waals surface area contributed by atoms with Gasteiger partial charge in [0.2, 0.25) is 0 Å². The standard InChI is InChI=1S/C19H19N3O3/c1-20-19(23)14-12-15(22(21-14)13-8-5-4-6-9-13)18-16(24-2)10-7-11-17(18)25-3/h4-12H,1-3H3,(H,20,23). The summed E-state index contributed by atoms with van der Waals surface area (Å²) in [7, 11) is 4.77. The topological polar surface area (TPSA) is 65.4 Å². The predicted molar refractivity (Wildman–Crippen MR) is 95.5 cm³/mol. The van der Waals surface area contributed by atoms with Crippen molar-refractivity contribution in [1.29, 1.82) is 0 Å². The summed E-state index contributed by atoms with van der Waals surface area (Å²) in [6.45, 7) is 0. The molecule has 0 bridgehead atoms. The van der Waals surface area contributed by atoms with Gasteiger partial charge in [-0.3, -0.25) is 4.79 Å². The van der Waals surface area contributed by atoms with E-state index in [0.29, 0.717) is 22.9 Å². The van der Waals surface area contributed by atoms with Crippen LogP contribution in [0.5, 0.6) is 11.5 Å². The summed E-state index contributed by atoms with van der Waals surface area (Å²) < 4.78 is 12.7. The minimum Gasteiger partial charge on any atom is -0.496 e. The number of benzene rings is 2. The Labute approximate surface area is 146 Å². The number of hydrogen-bond donors (Lipinski definition) is 1. The highest BCUT2D eigenvalue weighted by Gasteiger charge is 2.21. The minimum absolute atomic E-state index is 0.259. The first-order valence-corrected chi connectivity index (χ1v) is 7.78. The summed E-state index contributed by atoms with van der Waals surface area (Å²) in [6, 6.07) is 16.9. The first kappa shape index (κ1) is 16.6. The van der Waals surface area contributed by atoms with Crippen molar-refractivity contribution in [3.63, 3.8) is 0 Å². The molecule has 0 saturated carbocycles. The molecule has 0 saturated heterocycles. The molecular weight excluding hydrogens is 318 g/mol. The van der Waals surface area contributed by atoms with Gasteiger partial charge < -0.3 is 14.8 Å². The van der Waals surface area contributed by atoms with E-state index in [1.165, 1.54) is 0 Å². The van der Waals surface area contributed by atoms with E-state index in [4.69, 9.17) is 9.47 Å². The Kier molecular flexibility index (Phi) is 4.70. The SMILES string of the molecule is CNC(=O)c1cc(-c2c(OC)cccc2OC)n(-c2ccccc2)n1. The van der Waals surface area contributed by atoms with Gasteiger partial charge in [0.25, 0.3) is 5.91 Å². The maximum absolute atomic E-state index is 12.1. The van der Waals surface area contributed by atoms with E-state index < -0.39 is 0 Å². The lowest BCUT2D eigenvalue weighted by Crippen LogP contribution is -2.18. The van der Waals surface area contributed by atoms with Crippen LogP contribution >= 0.6 is 0 Å². The lowest BCUT2D eigenvalue weighted by atomic mass is 10.1. The number of ether oxygens (including phenoxy) is 2. The molecule has 1 N–H and O–H groups in total. The van der Waals surface area contributed by atoms with Crippen molar-refractivity contribution in [2.24, 2.45) is 0 Å². The Morgan fingerprint density at radius 2 is 1.64 bits per heavy atom. The summed E-state index contributed by atoms with van der Waals surface area (Å²) in [4.78, 5) is 12.1. The molecule has 1 heterocycles. The van der Waals surface area contributed by atoms with Crippen molar-refractivity contribution in [3.8, 4) is 28.4 Å². The summed E-state index contributed by atoms with van der Waals surface area (Å²) in [6.07, 6.45) is 0. The van der Waals surface area contributed by atoms with E-state index in [9.17, 15) is 4.79 Å². The number of hydrogen-bond acceptors (Lipinski definition) is 4. The number of methoxy groups -OCH3 is 2. The molecule has 0 radical (unpaired) electrons. The van der Waals surface area contributed by atoms with Gasteiger partial charge in [-0.25, -0.2) is 4.68 Å². The Balaban J connectivity index is 2.29. The van der Waals surface area contributed by atoms with Crippen molar-refractivity contribution in [2.75, 3.05) is 21.3 Å². The maximum atomic E-state index is 12.1. The van der Waals surface area contributed by atoms with Crippen molar-refractivity contribution in [1.82, 2.24) is 15.1 Å². The summed E-state index contributed by atoms with van der Waals surface area (Å²) in [5.41, 5.74) is 2.59. The fourth-order valence-corrected chi connectivity index (χ4v) is 2.67. The van der Waals surface area contributed by atoms with Crippen LogP contribution in [0.1, 0.15) is 10.5 Å². The molecule has 128 valence electrons. The van der Waals surface area contributed by atoms with Gasteiger partial charge >= 0.3 is 0 Å². The van der Waals surface area contributed by atoms with Crippen molar-refractivity contribution >= 4 is 5.91 Å². The molecular formula is C19H19N3O3. The van der Waals surface area contributed by atoms with Crippen LogP contribution in [0.25, 0.3) is 16.9 Å². The average Bonchev–Trinajstić information content (AvgIpc) is 3.12. The molecule has 3 aromatic rings. The third-order valence-corrected chi connectivity index (χ3v) is 3.85. The summed E-state index contributed by atoms with van der Waals surface area (Å²) in [5.74, 6) is 1.02. The largest absolute Gasteiger partial charge is 0.496 e. The zero-order valence-electron chi connectivity index (χ0n) is 14.3. The van der Waals surface area contributed by atoms with E-state index in [2.05, 4.69) is 10.4 Å². The van der Waals surface area contributed by atoms with E-state index in [-0.39, 0.29) is 5.91 Å². The molecule has 0 fully saturated rings. The van der Waals surface area contributed by atoms with Gasteiger partial charge in [-0.2, -0.15) is 5.10 Å². The molecule has 0 unspecified atom stereocenters. The molecule has 1 amide bonds. The van der Waals surface area contributed by atoms with Crippen molar-refractivity contribution < 1.29 is 14.3 Å². The van der Waals surface area contributed by atoms with Crippen LogP contribution < -0.4 is 14.8 Å². The Bertz CT molecular complexity index is 866. The number of carbonyl (C=O) groups is 1. The quantitative estimate of drug-likeness (QED) is 0.777. The monoisotopic (exact) mass is 337 g/mol. The fraction of sp³-hybridized carbons (Fsp3) is 0.158. The Morgan fingerprint density at radius 3 is 2.20 bits per heavy atom. The van der Waals surface area contributed by atoms with Crippen molar-refractivity contribution in [2.45, 2.75) is 0 Å². The van der Waals surface area contributed by atoms with Gasteiger partial charge in [0, 0.05) is 7.05 Å². The van der Waals surface area contributed by atoms with Gasteiger partial charge in [0.1, 0.15) is 11.5 Å². The second kappa shape index (κ2) is 7.09. The number of nitrogens with zero attached hydrogens (tertiary/aromatic N) is 2. The third-order valence-electron chi connectivity index (χ3n) is 3.85. The summed E-state index contributed by atoms with van der Waals surface area (Å²) >= 11 is 0. The molecule has 25 heavy (non-hydrogen) atoms. The fourth-order valence-electron chi connectivity index (χ4n) is 2.67. The first-order valence-electron chi connectivity index (χ1n) is 7.78. The highest BCUT2D eigenvalue weighted by molar-refractivity contribution is 5.94. The number of aromatic nitrogens is 2. The van der Waals surface area contributed by atoms with Gasteiger partial charge in [-0.05, 0) is 30.3 Å². The molecule has 0 aliphatic carbocycles. The van der Waals surface area contributed by atoms with Crippen LogP contribution in [0.4, 0.5) is 0 Å². The molecule has 3 rings (SSSR count). The van der Waals surface area contributed by atoms with E-state index in [1.54, 1.807) is 32.0 Å². The second-order valence-corrected chi connectivity index (χ2v) is 5.28. The highest BCUT2D eigenvalue weighted by atomic mass is 16.5. The van der Waals surface area contributed by atoms with Crippen LogP contribution in [-0.2, 0) is 0 Å². The normalized spacial score (nSPS) is 10.4. The Morgan fingerprint density at radius 1 is 1.00 bits per heavy atom. The zero-order chi connectivity index (χ0) is 17.8. The molecule has 2 aromatic carbocycles. The number of amides is 1. The van der Waals surface area contributed by atoms with E-state index in [0.717, 1.165) is 11.3 Å². The molecule has 0 aliphatic rings. The van der Waals surface area contributed by atoms with Crippen LogP contribution in [0, 0.1) is 0 Å². The second-order valence-electron chi connectivity index (χ2n) is 5.28. The first-order chi connectivity index (χ1) is 12.2. The van der Waals surface area contributed by atoms with Gasteiger partial charge in [-0.15, -0.1) is 0 Å². The average molecular weight is 337 g/mol. The highest BCUT2D eigenvalue weighted by Crippen LogP contribution is 2.39. The lowest BCUT2D eigenvalue weighted by molar-refractivity contribution is 0.0957. The molecule has 0 spiro atoms. The van der Waals surface area contributed by atoms with Crippen molar-refractivity contribution in [3.05, 3.63) is 60.3 Å². The smallest absolute Gasteiger partial charge is 0.271 e. The molecule has 0 atom stereocenters. The van der Waals surface area contributed by atoms with Crippen LogP contribution in [-0.4, -0.2) is 37.0 Å². The van der Waals surface area contributed by atoms with Crippen LogP contribution in [0.3, 0.4) is 0 Å². The van der Waals surface area contributed by atoms with Gasteiger partial charge in [0.15, 0.2) is 5.69 Å². The molecule has 0 aliphatic heterocycles. The van der Waals surface area contributed by atoms with E-state index in [1.807, 2.05) is 48.5 Å². The zero-order valence-corrected chi connectivity index (χ0v) is 14.3. The van der Waals surface area contributed by atoms with Gasteiger partial charge in [0.05, 0.1) is 31.2 Å². The lowest BCUT2D eigenvalue weighted by Gasteiger charge is -2.14. The number of rotatable bonds is 5. The predicted octanol–water partition coefficient (Wildman–Crippen LogP) is 2.92. The minimum atomic E-state index is -0.259. The molecule has 6 nitrogen and oxygen atoms in total.